The van der Waals surface area contributed by atoms with Crippen molar-refractivity contribution in [3.8, 4) is 0 Å². The van der Waals surface area contributed by atoms with Crippen LogP contribution in [0.5, 0.6) is 0 Å². The largest absolute Gasteiger partial charge is 0.369 e. The number of Topliss-reactive ketones (excluding diaryl/α,β-unsaturated/α-hetero) is 1. The number of hydrogen-bond donors (Lipinski definition) is 0. The third-order valence-corrected chi connectivity index (χ3v) is 4.89. The van der Waals surface area contributed by atoms with Crippen molar-refractivity contribution in [2.45, 2.75) is 20.8 Å². The molecule has 0 N–H and O–H groups in total. The minimum absolute atomic E-state index is 0.237. The van der Waals surface area contributed by atoms with E-state index in [0.717, 1.165) is 42.9 Å². The summed E-state index contributed by atoms with van der Waals surface area (Å²) >= 11 is 0. The second-order valence-corrected chi connectivity index (χ2v) is 6.79. The SMILES string of the molecule is Cc1ccc(C)c(C(=O)CN2CCN(c3ccccc3C)CC2)c1. The summed E-state index contributed by atoms with van der Waals surface area (Å²) in [5.41, 5.74) is 5.73. The number of ketones is 1. The summed E-state index contributed by atoms with van der Waals surface area (Å²) < 4.78 is 0. The van der Waals surface area contributed by atoms with Gasteiger partial charge in [-0.25, -0.2) is 0 Å². The van der Waals surface area contributed by atoms with Crippen molar-refractivity contribution in [1.29, 1.82) is 0 Å². The molecule has 3 rings (SSSR count). The second kappa shape index (κ2) is 7.18. The maximum Gasteiger partial charge on any atom is 0.177 e. The summed E-state index contributed by atoms with van der Waals surface area (Å²) in [5.74, 6) is 0.237. The van der Waals surface area contributed by atoms with Gasteiger partial charge in [-0.3, -0.25) is 9.69 Å². The number of piperazine rings is 1. The van der Waals surface area contributed by atoms with Gasteiger partial charge in [0.15, 0.2) is 5.78 Å². The molecule has 0 unspecified atom stereocenters. The van der Waals surface area contributed by atoms with Gasteiger partial charge in [-0.1, -0.05) is 35.9 Å². The number of aryl methyl sites for hydroxylation is 3. The van der Waals surface area contributed by atoms with Gasteiger partial charge >= 0.3 is 0 Å². The average Bonchev–Trinajstić information content (AvgIpc) is 2.58. The number of rotatable bonds is 4. The van der Waals surface area contributed by atoms with Crippen molar-refractivity contribution in [2.75, 3.05) is 37.6 Å². The number of carbonyl (C=O) groups excluding carboxylic acids is 1. The topological polar surface area (TPSA) is 23.6 Å². The standard InChI is InChI=1S/C21H26N2O/c1-16-8-9-17(2)19(14-16)21(24)15-22-10-12-23(13-11-22)20-7-5-4-6-18(20)3/h4-9,14H,10-13,15H2,1-3H3. The molecule has 0 spiro atoms. The molecule has 0 aromatic heterocycles. The third-order valence-electron chi connectivity index (χ3n) is 4.89. The van der Waals surface area contributed by atoms with Gasteiger partial charge in [0.25, 0.3) is 0 Å². The highest BCUT2D eigenvalue weighted by Crippen LogP contribution is 2.21. The van der Waals surface area contributed by atoms with Crippen LogP contribution in [0.3, 0.4) is 0 Å². The molecule has 1 aliphatic heterocycles. The second-order valence-electron chi connectivity index (χ2n) is 6.79. The van der Waals surface area contributed by atoms with E-state index in [4.69, 9.17) is 0 Å². The fourth-order valence-corrected chi connectivity index (χ4v) is 3.39. The van der Waals surface area contributed by atoms with Crippen LogP contribution in [0.2, 0.25) is 0 Å². The minimum atomic E-state index is 0.237. The van der Waals surface area contributed by atoms with Crippen molar-refractivity contribution in [1.82, 2.24) is 4.90 Å². The lowest BCUT2D eigenvalue weighted by atomic mass is 10.0. The van der Waals surface area contributed by atoms with E-state index in [0.29, 0.717) is 6.54 Å². The number of benzene rings is 2. The number of para-hydroxylation sites is 1. The number of carbonyl (C=O) groups is 1. The Balaban J connectivity index is 1.60. The summed E-state index contributed by atoms with van der Waals surface area (Å²) in [4.78, 5) is 17.3. The Morgan fingerprint density at radius 1 is 0.917 bits per heavy atom. The molecule has 126 valence electrons. The molecule has 0 aliphatic carbocycles. The number of anilines is 1. The molecule has 0 bridgehead atoms. The molecule has 0 saturated carbocycles. The molecule has 24 heavy (non-hydrogen) atoms. The average molecular weight is 322 g/mol. The molecular formula is C21H26N2O. The maximum atomic E-state index is 12.6. The van der Waals surface area contributed by atoms with Crippen LogP contribution in [0.25, 0.3) is 0 Å². The Morgan fingerprint density at radius 3 is 2.33 bits per heavy atom. The van der Waals surface area contributed by atoms with Crippen LogP contribution in [0, 0.1) is 20.8 Å². The van der Waals surface area contributed by atoms with Crippen LogP contribution in [0.15, 0.2) is 42.5 Å². The number of nitrogens with zero attached hydrogens (tertiary/aromatic N) is 2. The molecular weight excluding hydrogens is 296 g/mol. The summed E-state index contributed by atoms with van der Waals surface area (Å²) in [6, 6.07) is 14.6. The molecule has 1 fully saturated rings. The zero-order valence-corrected chi connectivity index (χ0v) is 14.9. The van der Waals surface area contributed by atoms with Gasteiger partial charge in [-0.2, -0.15) is 0 Å². The fourth-order valence-electron chi connectivity index (χ4n) is 3.39. The lowest BCUT2D eigenvalue weighted by Gasteiger charge is -2.36. The summed E-state index contributed by atoms with van der Waals surface area (Å²) in [6.45, 7) is 10.6. The monoisotopic (exact) mass is 322 g/mol. The Kier molecular flexibility index (Phi) is 5.00. The Hall–Kier alpha value is -2.13. The van der Waals surface area contributed by atoms with Crippen LogP contribution in [-0.2, 0) is 0 Å². The van der Waals surface area contributed by atoms with E-state index in [2.05, 4.69) is 47.1 Å². The predicted molar refractivity (Wildman–Crippen MR) is 100 cm³/mol. The molecule has 1 saturated heterocycles. The molecule has 3 heteroatoms. The molecule has 0 atom stereocenters. The highest BCUT2D eigenvalue weighted by molar-refractivity contribution is 5.99. The lowest BCUT2D eigenvalue weighted by molar-refractivity contribution is 0.0925. The molecule has 3 nitrogen and oxygen atoms in total. The van der Waals surface area contributed by atoms with Gasteiger partial charge in [0, 0.05) is 37.4 Å². The fraction of sp³-hybridized carbons (Fsp3) is 0.381. The Morgan fingerprint density at radius 2 is 1.62 bits per heavy atom. The predicted octanol–water partition coefficient (Wildman–Crippen LogP) is 3.62. The van der Waals surface area contributed by atoms with Crippen LogP contribution in [-0.4, -0.2) is 43.4 Å². The molecule has 1 heterocycles. The quantitative estimate of drug-likeness (QED) is 0.803. The van der Waals surface area contributed by atoms with Gasteiger partial charge in [0.05, 0.1) is 6.54 Å². The van der Waals surface area contributed by atoms with E-state index >= 15 is 0 Å². The van der Waals surface area contributed by atoms with Crippen molar-refractivity contribution < 1.29 is 4.79 Å². The van der Waals surface area contributed by atoms with Gasteiger partial charge < -0.3 is 4.90 Å². The Bertz CT molecular complexity index is 730. The maximum absolute atomic E-state index is 12.6. The van der Waals surface area contributed by atoms with Crippen molar-refractivity contribution in [2.24, 2.45) is 0 Å². The van der Waals surface area contributed by atoms with Crippen LogP contribution in [0.4, 0.5) is 5.69 Å². The molecule has 2 aromatic carbocycles. The van der Waals surface area contributed by atoms with Crippen molar-refractivity contribution in [3.05, 3.63) is 64.7 Å². The summed E-state index contributed by atoms with van der Waals surface area (Å²) in [6.07, 6.45) is 0. The van der Waals surface area contributed by atoms with E-state index in [-0.39, 0.29) is 5.78 Å². The molecule has 2 aromatic rings. The molecule has 0 radical (unpaired) electrons. The van der Waals surface area contributed by atoms with Crippen molar-refractivity contribution in [3.63, 3.8) is 0 Å². The van der Waals surface area contributed by atoms with Crippen LogP contribution in [0.1, 0.15) is 27.0 Å². The van der Waals surface area contributed by atoms with Crippen LogP contribution >= 0.6 is 0 Å². The van der Waals surface area contributed by atoms with Gasteiger partial charge in [0.1, 0.15) is 0 Å². The first-order valence-corrected chi connectivity index (χ1v) is 8.68. The van der Waals surface area contributed by atoms with E-state index in [1.54, 1.807) is 0 Å². The lowest BCUT2D eigenvalue weighted by Crippen LogP contribution is -2.48. The Labute approximate surface area is 144 Å². The third kappa shape index (κ3) is 3.68. The zero-order chi connectivity index (χ0) is 17.1. The van der Waals surface area contributed by atoms with E-state index in [1.165, 1.54) is 11.3 Å². The molecule has 0 amide bonds. The highest BCUT2D eigenvalue weighted by atomic mass is 16.1. The van der Waals surface area contributed by atoms with Gasteiger partial charge in [-0.05, 0) is 44.0 Å². The van der Waals surface area contributed by atoms with Crippen LogP contribution < -0.4 is 4.90 Å². The smallest absolute Gasteiger partial charge is 0.177 e. The van der Waals surface area contributed by atoms with Crippen molar-refractivity contribution >= 4 is 11.5 Å². The van der Waals surface area contributed by atoms with E-state index < -0.39 is 0 Å². The first kappa shape index (κ1) is 16.7. The van der Waals surface area contributed by atoms with Gasteiger partial charge in [-0.15, -0.1) is 0 Å². The minimum Gasteiger partial charge on any atom is -0.369 e. The highest BCUT2D eigenvalue weighted by Gasteiger charge is 2.21. The van der Waals surface area contributed by atoms with E-state index in [9.17, 15) is 4.79 Å². The first-order valence-electron chi connectivity index (χ1n) is 8.68. The first-order chi connectivity index (χ1) is 11.5. The molecule has 1 aliphatic rings. The van der Waals surface area contributed by atoms with Gasteiger partial charge in [0.2, 0.25) is 0 Å². The van der Waals surface area contributed by atoms with E-state index in [1.807, 2.05) is 26.0 Å². The zero-order valence-electron chi connectivity index (χ0n) is 14.9. The number of hydrogen-bond acceptors (Lipinski definition) is 3. The summed E-state index contributed by atoms with van der Waals surface area (Å²) in [5, 5.41) is 0. The summed E-state index contributed by atoms with van der Waals surface area (Å²) in [7, 11) is 0. The normalized spacial score (nSPS) is 15.5.